The summed E-state index contributed by atoms with van der Waals surface area (Å²) in [6.45, 7) is 11.9. The van der Waals surface area contributed by atoms with Crippen LogP contribution in [-0.4, -0.2) is 42.1 Å². The van der Waals surface area contributed by atoms with Gasteiger partial charge in [-0.25, -0.2) is 0 Å². The summed E-state index contributed by atoms with van der Waals surface area (Å²) in [5, 5.41) is 2.94. The first-order valence-electron chi connectivity index (χ1n) is 7.67. The van der Waals surface area contributed by atoms with E-state index < -0.39 is 6.10 Å². The van der Waals surface area contributed by atoms with Gasteiger partial charge in [-0.15, -0.1) is 0 Å². The van der Waals surface area contributed by atoms with Gasteiger partial charge >= 0.3 is 0 Å². The van der Waals surface area contributed by atoms with Gasteiger partial charge < -0.3 is 10.1 Å². The molecule has 0 spiro atoms. The van der Waals surface area contributed by atoms with Gasteiger partial charge in [-0.2, -0.15) is 0 Å². The monoisotopic (exact) mass is 292 g/mol. The van der Waals surface area contributed by atoms with E-state index in [0.29, 0.717) is 24.4 Å². The number of rotatable bonds is 8. The van der Waals surface area contributed by atoms with Crippen LogP contribution in [-0.2, 0) is 4.79 Å². The van der Waals surface area contributed by atoms with E-state index in [-0.39, 0.29) is 5.91 Å². The summed E-state index contributed by atoms with van der Waals surface area (Å²) in [6, 6.07) is 10.3. The number of benzene rings is 1. The lowest BCUT2D eigenvalue weighted by atomic mass is 10.2. The average Bonchev–Trinajstić information content (AvgIpc) is 2.43. The fraction of sp³-hybridized carbons (Fsp3) is 0.588. The lowest BCUT2D eigenvalue weighted by Crippen LogP contribution is -2.44. The molecule has 0 fully saturated rings. The molecule has 0 saturated heterocycles. The van der Waals surface area contributed by atoms with Crippen molar-refractivity contribution >= 4 is 5.91 Å². The zero-order valence-electron chi connectivity index (χ0n) is 13.8. The van der Waals surface area contributed by atoms with Gasteiger partial charge in [0.05, 0.1) is 0 Å². The summed E-state index contributed by atoms with van der Waals surface area (Å²) in [5.41, 5.74) is 0. The SMILES string of the molecule is CC(Oc1ccccc1)C(=O)NCCN(C(C)C)C(C)C. The minimum atomic E-state index is -0.487. The summed E-state index contributed by atoms with van der Waals surface area (Å²) < 4.78 is 5.60. The van der Waals surface area contributed by atoms with E-state index in [1.807, 2.05) is 30.3 Å². The minimum absolute atomic E-state index is 0.0775. The summed E-state index contributed by atoms with van der Waals surface area (Å²) in [5.74, 6) is 0.637. The molecule has 118 valence electrons. The molecule has 0 aliphatic rings. The molecule has 4 nitrogen and oxygen atoms in total. The maximum absolute atomic E-state index is 12.0. The quantitative estimate of drug-likeness (QED) is 0.801. The molecule has 0 aromatic heterocycles. The first-order valence-corrected chi connectivity index (χ1v) is 7.67. The van der Waals surface area contributed by atoms with Crippen molar-refractivity contribution in [1.82, 2.24) is 10.2 Å². The Morgan fingerprint density at radius 2 is 1.67 bits per heavy atom. The summed E-state index contributed by atoms with van der Waals surface area (Å²) in [4.78, 5) is 14.4. The second-order valence-electron chi connectivity index (χ2n) is 5.79. The van der Waals surface area contributed by atoms with E-state index in [4.69, 9.17) is 4.74 Å². The van der Waals surface area contributed by atoms with Crippen molar-refractivity contribution in [2.75, 3.05) is 13.1 Å². The Balaban J connectivity index is 2.36. The second kappa shape index (κ2) is 8.67. The van der Waals surface area contributed by atoms with Crippen molar-refractivity contribution in [2.24, 2.45) is 0 Å². The molecule has 1 aromatic carbocycles. The molecule has 0 saturated carbocycles. The smallest absolute Gasteiger partial charge is 0.260 e. The van der Waals surface area contributed by atoms with E-state index in [2.05, 4.69) is 37.9 Å². The normalized spacial score (nSPS) is 12.8. The van der Waals surface area contributed by atoms with Crippen molar-refractivity contribution in [2.45, 2.75) is 52.8 Å². The first-order chi connectivity index (χ1) is 9.91. The van der Waals surface area contributed by atoms with Gasteiger partial charge in [0.1, 0.15) is 5.75 Å². The molecule has 0 bridgehead atoms. The van der Waals surface area contributed by atoms with Gasteiger partial charge in [0.25, 0.3) is 5.91 Å². The number of carbonyl (C=O) groups excluding carboxylic acids is 1. The molecule has 1 amide bonds. The van der Waals surface area contributed by atoms with E-state index in [1.165, 1.54) is 0 Å². The molecule has 0 aliphatic heterocycles. The number of carbonyl (C=O) groups is 1. The van der Waals surface area contributed by atoms with Crippen LogP contribution >= 0.6 is 0 Å². The van der Waals surface area contributed by atoms with Gasteiger partial charge in [-0.05, 0) is 46.8 Å². The standard InChI is InChI=1S/C17H28N2O2/c1-13(2)19(14(3)4)12-11-18-17(20)15(5)21-16-9-7-6-8-10-16/h6-10,13-15H,11-12H2,1-5H3,(H,18,20). The van der Waals surface area contributed by atoms with Crippen LogP contribution in [0.25, 0.3) is 0 Å². The molecule has 1 N–H and O–H groups in total. The molecule has 4 heteroatoms. The van der Waals surface area contributed by atoms with E-state index in [1.54, 1.807) is 6.92 Å². The predicted molar refractivity (Wildman–Crippen MR) is 86.5 cm³/mol. The molecule has 0 radical (unpaired) electrons. The number of ether oxygens (including phenoxy) is 1. The molecule has 1 unspecified atom stereocenters. The Kier molecular flexibility index (Phi) is 7.23. The molecule has 21 heavy (non-hydrogen) atoms. The van der Waals surface area contributed by atoms with Gasteiger partial charge in [-0.3, -0.25) is 9.69 Å². The van der Waals surface area contributed by atoms with Crippen molar-refractivity contribution in [3.8, 4) is 5.75 Å². The van der Waals surface area contributed by atoms with Crippen LogP contribution in [0, 0.1) is 0 Å². The van der Waals surface area contributed by atoms with Gasteiger partial charge in [0.15, 0.2) is 6.10 Å². The third-order valence-electron chi connectivity index (χ3n) is 3.42. The highest BCUT2D eigenvalue weighted by molar-refractivity contribution is 5.80. The third-order valence-corrected chi connectivity index (χ3v) is 3.42. The topological polar surface area (TPSA) is 41.6 Å². The largest absolute Gasteiger partial charge is 0.481 e. The van der Waals surface area contributed by atoms with Crippen molar-refractivity contribution in [1.29, 1.82) is 0 Å². The Labute approximate surface area is 128 Å². The summed E-state index contributed by atoms with van der Waals surface area (Å²) >= 11 is 0. The number of hydrogen-bond acceptors (Lipinski definition) is 3. The molecule has 0 heterocycles. The molecule has 1 aromatic rings. The van der Waals surface area contributed by atoms with Crippen LogP contribution in [0.1, 0.15) is 34.6 Å². The maximum atomic E-state index is 12.0. The third kappa shape index (κ3) is 6.17. The van der Waals surface area contributed by atoms with Gasteiger partial charge in [0, 0.05) is 25.2 Å². The second-order valence-corrected chi connectivity index (χ2v) is 5.79. The lowest BCUT2D eigenvalue weighted by Gasteiger charge is -2.30. The molecular formula is C17H28N2O2. The molecule has 0 aliphatic carbocycles. The highest BCUT2D eigenvalue weighted by atomic mass is 16.5. The average molecular weight is 292 g/mol. The summed E-state index contributed by atoms with van der Waals surface area (Å²) in [7, 11) is 0. The fourth-order valence-electron chi connectivity index (χ4n) is 2.32. The zero-order chi connectivity index (χ0) is 15.8. The van der Waals surface area contributed by atoms with Crippen molar-refractivity contribution in [3.05, 3.63) is 30.3 Å². The number of para-hydroxylation sites is 1. The minimum Gasteiger partial charge on any atom is -0.481 e. The van der Waals surface area contributed by atoms with Crippen LogP contribution in [0.2, 0.25) is 0 Å². The molecule has 1 rings (SSSR count). The zero-order valence-corrected chi connectivity index (χ0v) is 13.8. The van der Waals surface area contributed by atoms with Crippen LogP contribution in [0.15, 0.2) is 30.3 Å². The lowest BCUT2D eigenvalue weighted by molar-refractivity contribution is -0.127. The van der Waals surface area contributed by atoms with Gasteiger partial charge in [0.2, 0.25) is 0 Å². The highest BCUT2D eigenvalue weighted by Gasteiger charge is 2.16. The number of nitrogens with zero attached hydrogens (tertiary/aromatic N) is 1. The van der Waals surface area contributed by atoms with E-state index in [0.717, 1.165) is 6.54 Å². The van der Waals surface area contributed by atoms with Crippen LogP contribution in [0.3, 0.4) is 0 Å². The van der Waals surface area contributed by atoms with Crippen molar-refractivity contribution < 1.29 is 9.53 Å². The van der Waals surface area contributed by atoms with E-state index in [9.17, 15) is 4.79 Å². The number of hydrogen-bond donors (Lipinski definition) is 1. The highest BCUT2D eigenvalue weighted by Crippen LogP contribution is 2.10. The predicted octanol–water partition coefficient (Wildman–Crippen LogP) is 2.69. The van der Waals surface area contributed by atoms with Crippen LogP contribution in [0.4, 0.5) is 0 Å². The van der Waals surface area contributed by atoms with E-state index >= 15 is 0 Å². The summed E-state index contributed by atoms with van der Waals surface area (Å²) in [6.07, 6.45) is -0.487. The van der Waals surface area contributed by atoms with Crippen molar-refractivity contribution in [3.63, 3.8) is 0 Å². The van der Waals surface area contributed by atoms with Crippen LogP contribution in [0.5, 0.6) is 5.75 Å². The molecule has 1 atom stereocenters. The number of nitrogens with one attached hydrogen (secondary N) is 1. The first kappa shape index (κ1) is 17.5. The fourth-order valence-corrected chi connectivity index (χ4v) is 2.32. The Bertz CT molecular complexity index is 410. The Morgan fingerprint density at radius 1 is 1.10 bits per heavy atom. The Morgan fingerprint density at radius 3 is 2.19 bits per heavy atom. The number of amides is 1. The maximum Gasteiger partial charge on any atom is 0.260 e. The Hall–Kier alpha value is -1.55. The van der Waals surface area contributed by atoms with Gasteiger partial charge in [-0.1, -0.05) is 18.2 Å². The van der Waals surface area contributed by atoms with Crippen LogP contribution < -0.4 is 10.1 Å². The molecular weight excluding hydrogens is 264 g/mol.